The van der Waals surface area contributed by atoms with E-state index in [1.54, 1.807) is 6.92 Å². The smallest absolute Gasteiger partial charge is 0.325 e. The number of carbonyl (C=O) groups is 1. The van der Waals surface area contributed by atoms with Gasteiger partial charge in [0.15, 0.2) is 0 Å². The number of nitrogens with one attached hydrogen (secondary N) is 3. The van der Waals surface area contributed by atoms with E-state index in [4.69, 9.17) is 4.74 Å². The lowest BCUT2D eigenvalue weighted by molar-refractivity contribution is -0.122. The molecule has 0 aliphatic carbocycles. The van der Waals surface area contributed by atoms with Crippen LogP contribution in [0.4, 0.5) is 0 Å². The van der Waals surface area contributed by atoms with E-state index in [9.17, 15) is 14.4 Å². The van der Waals surface area contributed by atoms with E-state index >= 15 is 0 Å². The average Bonchev–Trinajstić information content (AvgIpc) is 2.53. The molecule has 1 aromatic carbocycles. The molecule has 7 nitrogen and oxygen atoms in total. The van der Waals surface area contributed by atoms with Crippen molar-refractivity contribution in [3.8, 4) is 5.75 Å². The number of ether oxygens (including phenoxy) is 1. The fourth-order valence-corrected chi connectivity index (χ4v) is 2.89. The number of carbonyl (C=O) groups excluding carboxylic acids is 1. The van der Waals surface area contributed by atoms with E-state index in [1.165, 1.54) is 0 Å². The summed E-state index contributed by atoms with van der Waals surface area (Å²) >= 11 is 0. The Hall–Kier alpha value is -2.83. The number of aryl methyl sites for hydroxylation is 1. The minimum atomic E-state index is -0.538. The Morgan fingerprint density at radius 3 is 2.88 bits per heavy atom. The molecule has 24 heavy (non-hydrogen) atoms. The van der Waals surface area contributed by atoms with Gasteiger partial charge in [-0.1, -0.05) is 18.2 Å². The van der Waals surface area contributed by atoms with Crippen molar-refractivity contribution in [1.82, 2.24) is 15.3 Å². The van der Waals surface area contributed by atoms with Gasteiger partial charge >= 0.3 is 5.69 Å². The maximum Gasteiger partial charge on any atom is 0.325 e. The summed E-state index contributed by atoms with van der Waals surface area (Å²) in [5.41, 5.74) is 1.01. The van der Waals surface area contributed by atoms with Gasteiger partial charge in [-0.25, -0.2) is 4.79 Å². The van der Waals surface area contributed by atoms with Crippen LogP contribution in [0.1, 0.15) is 23.2 Å². The van der Waals surface area contributed by atoms with Crippen LogP contribution < -0.4 is 21.3 Å². The van der Waals surface area contributed by atoms with Crippen molar-refractivity contribution in [3.63, 3.8) is 0 Å². The summed E-state index contributed by atoms with van der Waals surface area (Å²) in [4.78, 5) is 39.8. The van der Waals surface area contributed by atoms with Crippen LogP contribution in [0.25, 0.3) is 0 Å². The lowest BCUT2D eigenvalue weighted by atomic mass is 10.0. The van der Waals surface area contributed by atoms with E-state index < -0.39 is 11.2 Å². The summed E-state index contributed by atoms with van der Waals surface area (Å²) in [6, 6.07) is 7.68. The lowest BCUT2D eigenvalue weighted by Gasteiger charge is -2.26. The lowest BCUT2D eigenvalue weighted by Crippen LogP contribution is -2.43. The predicted molar refractivity (Wildman–Crippen MR) is 88.3 cm³/mol. The molecule has 2 aromatic rings. The van der Waals surface area contributed by atoms with Gasteiger partial charge in [0.25, 0.3) is 5.56 Å². The molecule has 0 bridgehead atoms. The third-order valence-electron chi connectivity index (χ3n) is 4.10. The highest BCUT2D eigenvalue weighted by atomic mass is 16.5. The molecular formula is C17H19N3O4. The number of hydrogen-bond acceptors (Lipinski definition) is 4. The fourth-order valence-electron chi connectivity index (χ4n) is 2.89. The van der Waals surface area contributed by atoms with Crippen LogP contribution in [0.3, 0.4) is 0 Å². The third-order valence-corrected chi connectivity index (χ3v) is 4.10. The third kappa shape index (κ3) is 3.56. The van der Waals surface area contributed by atoms with Crippen LogP contribution in [-0.4, -0.2) is 28.5 Å². The predicted octanol–water partition coefficient (Wildman–Crippen LogP) is 0.424. The first kappa shape index (κ1) is 16.0. The van der Waals surface area contributed by atoms with Gasteiger partial charge in [-0.05, 0) is 31.4 Å². The highest BCUT2D eigenvalue weighted by Gasteiger charge is 2.21. The van der Waals surface area contributed by atoms with Gasteiger partial charge in [-0.15, -0.1) is 0 Å². The maximum atomic E-state index is 12.1. The van der Waals surface area contributed by atoms with Crippen molar-refractivity contribution in [2.75, 3.05) is 6.61 Å². The molecule has 0 spiro atoms. The topological polar surface area (TPSA) is 104 Å². The van der Waals surface area contributed by atoms with E-state index in [0.717, 1.165) is 17.7 Å². The Balaban J connectivity index is 1.58. The molecule has 1 aliphatic heterocycles. The number of para-hydroxylation sites is 1. The maximum absolute atomic E-state index is 12.1. The molecule has 3 N–H and O–H groups in total. The van der Waals surface area contributed by atoms with Crippen LogP contribution in [0.2, 0.25) is 0 Å². The molecule has 0 saturated heterocycles. The zero-order valence-corrected chi connectivity index (χ0v) is 13.3. The largest absolute Gasteiger partial charge is 0.491 e. The summed E-state index contributed by atoms with van der Waals surface area (Å²) in [6.45, 7) is 2.08. The second-order valence-electron chi connectivity index (χ2n) is 5.90. The monoisotopic (exact) mass is 329 g/mol. The van der Waals surface area contributed by atoms with Crippen LogP contribution in [-0.2, 0) is 17.6 Å². The zero-order chi connectivity index (χ0) is 17.1. The first-order valence-corrected chi connectivity index (χ1v) is 7.85. The Labute approximate surface area is 138 Å². The molecule has 1 aliphatic rings. The molecule has 7 heteroatoms. The molecule has 0 radical (unpaired) electrons. The second kappa shape index (κ2) is 6.74. The number of rotatable bonds is 4. The standard InChI is InChI=1S/C17H19N3O4/c1-10-13(16(22)20-17(23)18-10)6-7-15(21)19-12-8-11-4-2-3-5-14(11)24-9-12/h2-5,12H,6-9H2,1H3,(H,19,21)(H2,18,20,22,23). The number of aromatic amines is 2. The minimum absolute atomic E-state index is 0.0811. The normalized spacial score (nSPS) is 16.1. The quantitative estimate of drug-likeness (QED) is 0.756. The van der Waals surface area contributed by atoms with Crippen molar-refractivity contribution >= 4 is 5.91 Å². The molecule has 3 rings (SSSR count). The van der Waals surface area contributed by atoms with Crippen molar-refractivity contribution in [2.45, 2.75) is 32.2 Å². The molecule has 2 heterocycles. The molecule has 1 aromatic heterocycles. The Bertz CT molecular complexity index is 869. The highest BCUT2D eigenvalue weighted by molar-refractivity contribution is 5.76. The zero-order valence-electron chi connectivity index (χ0n) is 13.3. The number of fused-ring (bicyclic) bond motifs is 1. The number of amides is 1. The van der Waals surface area contributed by atoms with Gasteiger partial charge in [-0.3, -0.25) is 14.6 Å². The summed E-state index contributed by atoms with van der Waals surface area (Å²) in [7, 11) is 0. The van der Waals surface area contributed by atoms with Gasteiger partial charge in [-0.2, -0.15) is 0 Å². The van der Waals surface area contributed by atoms with E-state index in [2.05, 4.69) is 15.3 Å². The number of H-pyrrole nitrogens is 2. The molecule has 0 fully saturated rings. The first-order valence-electron chi connectivity index (χ1n) is 7.85. The molecular weight excluding hydrogens is 310 g/mol. The molecule has 0 saturated carbocycles. The number of hydrogen-bond donors (Lipinski definition) is 3. The first-order chi connectivity index (χ1) is 11.5. The summed E-state index contributed by atoms with van der Waals surface area (Å²) in [5, 5.41) is 2.93. The van der Waals surface area contributed by atoms with Gasteiger partial charge < -0.3 is 15.0 Å². The molecule has 1 atom stereocenters. The SMILES string of the molecule is Cc1[nH]c(=O)[nH]c(=O)c1CCC(=O)NC1COc2ccccc2C1. The molecule has 1 amide bonds. The van der Waals surface area contributed by atoms with Crippen molar-refractivity contribution in [2.24, 2.45) is 0 Å². The summed E-state index contributed by atoms with van der Waals surface area (Å²) in [5.74, 6) is 0.714. The van der Waals surface area contributed by atoms with Crippen LogP contribution in [0.15, 0.2) is 33.9 Å². The van der Waals surface area contributed by atoms with Crippen molar-refractivity contribution in [3.05, 3.63) is 61.9 Å². The van der Waals surface area contributed by atoms with Crippen LogP contribution in [0.5, 0.6) is 5.75 Å². The van der Waals surface area contributed by atoms with Crippen molar-refractivity contribution in [1.29, 1.82) is 0 Å². The van der Waals surface area contributed by atoms with E-state index in [-0.39, 0.29) is 24.8 Å². The number of benzene rings is 1. The average molecular weight is 329 g/mol. The minimum Gasteiger partial charge on any atom is -0.491 e. The number of aromatic nitrogens is 2. The van der Waals surface area contributed by atoms with Gasteiger partial charge in [0.2, 0.25) is 5.91 Å². The molecule has 1 unspecified atom stereocenters. The Morgan fingerprint density at radius 2 is 2.08 bits per heavy atom. The van der Waals surface area contributed by atoms with Crippen LogP contribution in [0, 0.1) is 6.92 Å². The Morgan fingerprint density at radius 1 is 1.29 bits per heavy atom. The summed E-state index contributed by atoms with van der Waals surface area (Å²) < 4.78 is 5.64. The van der Waals surface area contributed by atoms with Gasteiger partial charge in [0.05, 0.1) is 6.04 Å². The Kier molecular flexibility index (Phi) is 4.50. The van der Waals surface area contributed by atoms with Crippen molar-refractivity contribution < 1.29 is 9.53 Å². The van der Waals surface area contributed by atoms with E-state index in [0.29, 0.717) is 17.9 Å². The van der Waals surface area contributed by atoms with Gasteiger partial charge in [0.1, 0.15) is 12.4 Å². The van der Waals surface area contributed by atoms with E-state index in [1.807, 2.05) is 24.3 Å². The van der Waals surface area contributed by atoms with Crippen LogP contribution >= 0.6 is 0 Å². The summed E-state index contributed by atoms with van der Waals surface area (Å²) in [6.07, 6.45) is 1.17. The van der Waals surface area contributed by atoms with Gasteiger partial charge in [0, 0.05) is 17.7 Å². The highest BCUT2D eigenvalue weighted by Crippen LogP contribution is 2.23. The second-order valence-corrected chi connectivity index (χ2v) is 5.90. The fraction of sp³-hybridized carbons (Fsp3) is 0.353. The molecule has 126 valence electrons.